The molecule has 0 saturated heterocycles. The van der Waals surface area contributed by atoms with Crippen LogP contribution in [-0.4, -0.2) is 32.0 Å². The van der Waals surface area contributed by atoms with Gasteiger partial charge in [0.05, 0.1) is 14.2 Å². The number of hydrogen-bond donors (Lipinski definition) is 1. The molecular formula is C14H18BrNO3. The fraction of sp³-hybridized carbons (Fsp3) is 0.500. The monoisotopic (exact) mass is 327 g/mol. The van der Waals surface area contributed by atoms with Crippen molar-refractivity contribution < 1.29 is 14.3 Å². The van der Waals surface area contributed by atoms with Crippen LogP contribution < -0.4 is 14.8 Å². The molecule has 0 atom stereocenters. The second-order valence-electron chi connectivity index (χ2n) is 4.92. The minimum Gasteiger partial charge on any atom is -0.497 e. The van der Waals surface area contributed by atoms with Crippen molar-refractivity contribution in [1.82, 2.24) is 5.32 Å². The molecule has 1 aromatic carbocycles. The molecule has 1 N–H and O–H groups in total. The number of carbonyl (C=O) groups excluding carboxylic acids is 1. The van der Waals surface area contributed by atoms with Crippen molar-refractivity contribution in [3.05, 3.63) is 23.8 Å². The highest BCUT2D eigenvalue weighted by molar-refractivity contribution is 9.09. The largest absolute Gasteiger partial charge is 0.497 e. The molecule has 0 radical (unpaired) electrons. The lowest BCUT2D eigenvalue weighted by Gasteiger charge is -2.13. The first-order valence-electron chi connectivity index (χ1n) is 6.20. The van der Waals surface area contributed by atoms with Crippen molar-refractivity contribution in [2.24, 2.45) is 5.41 Å². The summed E-state index contributed by atoms with van der Waals surface area (Å²) in [4.78, 5) is 12.1. The van der Waals surface area contributed by atoms with Crippen LogP contribution in [0.2, 0.25) is 0 Å². The summed E-state index contributed by atoms with van der Waals surface area (Å²) in [6.45, 7) is 0.705. The van der Waals surface area contributed by atoms with E-state index in [1.165, 1.54) is 12.8 Å². The minimum absolute atomic E-state index is 0.0931. The Hall–Kier alpha value is -1.23. The molecule has 1 aliphatic rings. The van der Waals surface area contributed by atoms with E-state index >= 15 is 0 Å². The third kappa shape index (κ3) is 3.41. The lowest BCUT2D eigenvalue weighted by Crippen LogP contribution is -2.30. The Bertz CT molecular complexity index is 450. The normalized spacial score (nSPS) is 15.7. The zero-order chi connectivity index (χ0) is 13.9. The smallest absolute Gasteiger partial charge is 0.251 e. The topological polar surface area (TPSA) is 47.6 Å². The maximum absolute atomic E-state index is 12.1. The average Bonchev–Trinajstić information content (AvgIpc) is 3.24. The number of amides is 1. The number of halogens is 1. The Balaban J connectivity index is 2.05. The Labute approximate surface area is 121 Å². The summed E-state index contributed by atoms with van der Waals surface area (Å²) in [5, 5.41) is 3.91. The van der Waals surface area contributed by atoms with E-state index in [-0.39, 0.29) is 11.3 Å². The van der Waals surface area contributed by atoms with Crippen LogP contribution in [0, 0.1) is 5.41 Å². The highest BCUT2D eigenvalue weighted by atomic mass is 79.9. The second kappa shape index (κ2) is 5.82. The fourth-order valence-electron chi connectivity index (χ4n) is 1.84. The lowest BCUT2D eigenvalue weighted by atomic mass is 10.1. The third-order valence-electron chi connectivity index (χ3n) is 3.48. The van der Waals surface area contributed by atoms with Gasteiger partial charge in [0.25, 0.3) is 5.91 Å². The quantitative estimate of drug-likeness (QED) is 0.817. The molecule has 0 spiro atoms. The number of alkyl halides is 1. The van der Waals surface area contributed by atoms with Gasteiger partial charge in [-0.2, -0.15) is 0 Å². The number of methoxy groups -OCH3 is 2. The molecule has 1 fully saturated rings. The van der Waals surface area contributed by atoms with E-state index < -0.39 is 0 Å². The van der Waals surface area contributed by atoms with E-state index in [2.05, 4.69) is 21.2 Å². The van der Waals surface area contributed by atoms with Gasteiger partial charge in [-0.05, 0) is 30.4 Å². The third-order valence-corrected chi connectivity index (χ3v) is 4.67. The number of hydrogen-bond acceptors (Lipinski definition) is 3. The molecule has 0 aliphatic heterocycles. The Morgan fingerprint density at radius 3 is 2.26 bits per heavy atom. The SMILES string of the molecule is COc1cc(OC)cc(C(=O)NCC2(CBr)CC2)c1. The molecular weight excluding hydrogens is 310 g/mol. The van der Waals surface area contributed by atoms with Crippen LogP contribution in [0.1, 0.15) is 23.2 Å². The standard InChI is InChI=1S/C14H18BrNO3/c1-18-11-5-10(6-12(7-11)19-2)13(17)16-9-14(8-15)3-4-14/h5-7H,3-4,8-9H2,1-2H3,(H,16,17). The van der Waals surface area contributed by atoms with Gasteiger partial charge < -0.3 is 14.8 Å². The first kappa shape index (κ1) is 14.2. The summed E-state index contributed by atoms with van der Waals surface area (Å²) < 4.78 is 10.3. The van der Waals surface area contributed by atoms with Crippen LogP contribution in [0.3, 0.4) is 0 Å². The molecule has 1 amide bonds. The highest BCUT2D eigenvalue weighted by Gasteiger charge is 2.41. The summed E-state index contributed by atoms with van der Waals surface area (Å²) in [5.74, 6) is 1.14. The zero-order valence-electron chi connectivity index (χ0n) is 11.2. The van der Waals surface area contributed by atoms with Crippen molar-refractivity contribution in [1.29, 1.82) is 0 Å². The van der Waals surface area contributed by atoms with Crippen LogP contribution in [0.25, 0.3) is 0 Å². The van der Waals surface area contributed by atoms with Gasteiger partial charge in [-0.3, -0.25) is 4.79 Å². The summed E-state index contributed by atoms with van der Waals surface area (Å²) in [7, 11) is 3.14. The molecule has 1 aliphatic carbocycles. The lowest BCUT2D eigenvalue weighted by molar-refractivity contribution is 0.0946. The van der Waals surface area contributed by atoms with Gasteiger partial charge in [-0.15, -0.1) is 0 Å². The van der Waals surface area contributed by atoms with E-state index in [9.17, 15) is 4.79 Å². The second-order valence-corrected chi connectivity index (χ2v) is 5.48. The summed E-state index contributed by atoms with van der Waals surface area (Å²) >= 11 is 3.49. The van der Waals surface area contributed by atoms with E-state index in [4.69, 9.17) is 9.47 Å². The van der Waals surface area contributed by atoms with Gasteiger partial charge in [0.1, 0.15) is 11.5 Å². The number of ether oxygens (including phenoxy) is 2. The van der Waals surface area contributed by atoms with Crippen molar-refractivity contribution in [2.45, 2.75) is 12.8 Å². The van der Waals surface area contributed by atoms with Crippen LogP contribution in [0.5, 0.6) is 11.5 Å². The molecule has 0 bridgehead atoms. The summed E-state index contributed by atoms with van der Waals surface area (Å²) in [5.41, 5.74) is 0.820. The van der Waals surface area contributed by atoms with Gasteiger partial charge in [0.15, 0.2) is 0 Å². The Morgan fingerprint density at radius 1 is 1.26 bits per heavy atom. The van der Waals surface area contributed by atoms with Crippen molar-refractivity contribution >= 4 is 21.8 Å². The maximum atomic E-state index is 12.1. The molecule has 0 heterocycles. The average molecular weight is 328 g/mol. The van der Waals surface area contributed by atoms with Crippen LogP contribution in [-0.2, 0) is 0 Å². The first-order valence-corrected chi connectivity index (χ1v) is 7.32. The minimum atomic E-state index is -0.0931. The summed E-state index contributed by atoms with van der Waals surface area (Å²) in [6.07, 6.45) is 2.33. The molecule has 0 aromatic heterocycles. The van der Waals surface area contributed by atoms with Gasteiger partial charge in [0, 0.05) is 23.5 Å². The molecule has 104 valence electrons. The van der Waals surface area contributed by atoms with E-state index in [0.717, 1.165) is 5.33 Å². The van der Waals surface area contributed by atoms with Crippen molar-refractivity contribution in [3.8, 4) is 11.5 Å². The number of benzene rings is 1. The molecule has 4 nitrogen and oxygen atoms in total. The maximum Gasteiger partial charge on any atom is 0.251 e. The number of nitrogens with one attached hydrogen (secondary N) is 1. The van der Waals surface area contributed by atoms with Gasteiger partial charge in [-0.1, -0.05) is 15.9 Å². The predicted octanol–water partition coefficient (Wildman–Crippen LogP) is 2.61. The van der Waals surface area contributed by atoms with Gasteiger partial charge >= 0.3 is 0 Å². The number of carbonyl (C=O) groups is 1. The van der Waals surface area contributed by atoms with Gasteiger partial charge in [0.2, 0.25) is 0 Å². The molecule has 19 heavy (non-hydrogen) atoms. The fourth-order valence-corrected chi connectivity index (χ4v) is 2.60. The summed E-state index contributed by atoms with van der Waals surface area (Å²) in [6, 6.07) is 5.18. The van der Waals surface area contributed by atoms with Crippen molar-refractivity contribution in [2.75, 3.05) is 26.1 Å². The molecule has 1 saturated carbocycles. The van der Waals surface area contributed by atoms with E-state index in [0.29, 0.717) is 23.6 Å². The van der Waals surface area contributed by atoms with E-state index in [1.807, 2.05) is 0 Å². The molecule has 0 unspecified atom stereocenters. The van der Waals surface area contributed by atoms with Crippen molar-refractivity contribution in [3.63, 3.8) is 0 Å². The zero-order valence-corrected chi connectivity index (χ0v) is 12.7. The number of rotatable bonds is 6. The van der Waals surface area contributed by atoms with Crippen LogP contribution in [0.15, 0.2) is 18.2 Å². The Kier molecular flexibility index (Phi) is 4.34. The Morgan fingerprint density at radius 2 is 1.84 bits per heavy atom. The molecule has 5 heteroatoms. The first-order chi connectivity index (χ1) is 9.12. The molecule has 2 rings (SSSR count). The predicted molar refractivity (Wildman–Crippen MR) is 77.3 cm³/mol. The van der Waals surface area contributed by atoms with Crippen LogP contribution in [0.4, 0.5) is 0 Å². The van der Waals surface area contributed by atoms with Crippen LogP contribution >= 0.6 is 15.9 Å². The highest BCUT2D eigenvalue weighted by Crippen LogP contribution is 2.46. The molecule has 1 aromatic rings. The van der Waals surface area contributed by atoms with E-state index in [1.54, 1.807) is 32.4 Å². The van der Waals surface area contributed by atoms with Gasteiger partial charge in [-0.25, -0.2) is 0 Å².